The van der Waals surface area contributed by atoms with E-state index in [-0.39, 0.29) is 11.8 Å². The van der Waals surface area contributed by atoms with Crippen LogP contribution in [0.5, 0.6) is 5.75 Å². The average molecular weight is 395 g/mol. The maximum Gasteiger partial charge on any atom is 0.221 e. The molecule has 1 heterocycles. The quantitative estimate of drug-likeness (QED) is 0.522. The summed E-state index contributed by atoms with van der Waals surface area (Å²) in [5.41, 5.74) is 4.68. The Bertz CT molecular complexity index is 962. The average Bonchev–Trinajstić information content (AvgIpc) is 3.15. The number of aromatic amines is 1. The van der Waals surface area contributed by atoms with Gasteiger partial charge < -0.3 is 19.9 Å². The molecule has 1 amide bonds. The van der Waals surface area contributed by atoms with Crippen LogP contribution in [0, 0.1) is 0 Å². The summed E-state index contributed by atoms with van der Waals surface area (Å²) in [5.74, 6) is 0.830. The van der Waals surface area contributed by atoms with Gasteiger partial charge in [-0.25, -0.2) is 0 Å². The molecule has 0 aliphatic carbocycles. The van der Waals surface area contributed by atoms with Crippen LogP contribution >= 0.6 is 0 Å². The summed E-state index contributed by atoms with van der Waals surface area (Å²) in [6, 6.07) is 14.4. The van der Waals surface area contributed by atoms with E-state index in [1.54, 1.807) is 7.11 Å². The normalized spacial score (nSPS) is 12.3. The second-order valence-electron chi connectivity index (χ2n) is 7.78. The van der Waals surface area contributed by atoms with Crippen LogP contribution in [0.3, 0.4) is 0 Å². The number of ether oxygens (including phenoxy) is 1. The number of methoxy groups -OCH3 is 1. The molecule has 0 bridgehead atoms. The number of amides is 1. The largest absolute Gasteiger partial charge is 0.497 e. The highest BCUT2D eigenvalue weighted by Crippen LogP contribution is 2.35. The Balaban J connectivity index is 1.96. The number of likely N-dealkylation sites (N-methyl/N-ethyl adjacent to an activating group) is 1. The molecule has 3 N–H and O–H groups in total. The summed E-state index contributed by atoms with van der Waals surface area (Å²) in [5, 5.41) is 4.26. The van der Waals surface area contributed by atoms with E-state index in [9.17, 15) is 4.79 Å². The number of fused-ring (bicyclic) bond motifs is 1. The first-order valence-corrected chi connectivity index (χ1v) is 10.3. The van der Waals surface area contributed by atoms with E-state index in [4.69, 9.17) is 4.74 Å². The maximum atomic E-state index is 12.8. The molecule has 1 aromatic heterocycles. The number of H-pyrrole nitrogens is 1. The predicted octanol–water partition coefficient (Wildman–Crippen LogP) is 2.52. The van der Waals surface area contributed by atoms with Crippen LogP contribution in [-0.4, -0.2) is 45.2 Å². The minimum Gasteiger partial charge on any atom is -0.497 e. The minimum absolute atomic E-state index is 0.0438. The van der Waals surface area contributed by atoms with Crippen LogP contribution in [0.15, 0.2) is 48.7 Å². The molecule has 3 aromatic rings. The molecule has 29 heavy (non-hydrogen) atoms. The van der Waals surface area contributed by atoms with Crippen LogP contribution in [-0.2, 0) is 11.2 Å². The van der Waals surface area contributed by atoms with Crippen molar-refractivity contribution in [3.8, 4) is 5.75 Å². The van der Waals surface area contributed by atoms with Crippen molar-refractivity contribution in [1.29, 1.82) is 0 Å². The van der Waals surface area contributed by atoms with Crippen molar-refractivity contribution in [2.24, 2.45) is 0 Å². The Hall–Kier alpha value is -2.79. The molecule has 0 saturated heterocycles. The summed E-state index contributed by atoms with van der Waals surface area (Å²) in [6.45, 7) is 3.75. The van der Waals surface area contributed by atoms with Crippen LogP contribution in [0.4, 0.5) is 0 Å². The van der Waals surface area contributed by atoms with Crippen molar-refractivity contribution in [2.75, 3.05) is 34.3 Å². The summed E-state index contributed by atoms with van der Waals surface area (Å²) in [7, 11) is 5.84. The number of nitrogens with one attached hydrogen (secondary N) is 3. The number of hydrogen-bond acceptors (Lipinski definition) is 2. The Labute approximate surface area is 173 Å². The highest BCUT2D eigenvalue weighted by Gasteiger charge is 2.22. The van der Waals surface area contributed by atoms with Gasteiger partial charge in [0.2, 0.25) is 5.91 Å². The number of aryl methyl sites for hydroxylation is 1. The molecule has 0 saturated carbocycles. The monoisotopic (exact) mass is 394 g/mol. The third-order valence-corrected chi connectivity index (χ3v) is 5.42. The lowest BCUT2D eigenvalue weighted by Gasteiger charge is -2.18. The molecule has 0 unspecified atom stereocenters. The van der Waals surface area contributed by atoms with E-state index in [2.05, 4.69) is 61.8 Å². The van der Waals surface area contributed by atoms with Gasteiger partial charge in [0.15, 0.2) is 0 Å². The van der Waals surface area contributed by atoms with Gasteiger partial charge >= 0.3 is 0 Å². The van der Waals surface area contributed by atoms with Crippen LogP contribution in [0.25, 0.3) is 10.9 Å². The highest BCUT2D eigenvalue weighted by molar-refractivity contribution is 5.88. The molecule has 1 atom stereocenters. The topological polar surface area (TPSA) is 58.6 Å². The molecular weight excluding hydrogens is 362 g/mol. The van der Waals surface area contributed by atoms with E-state index in [1.807, 2.05) is 18.2 Å². The Kier molecular flexibility index (Phi) is 6.94. The molecule has 0 fully saturated rings. The fourth-order valence-electron chi connectivity index (χ4n) is 3.80. The number of carbonyl (C=O) groups is 1. The van der Waals surface area contributed by atoms with Crippen molar-refractivity contribution in [3.63, 3.8) is 0 Å². The van der Waals surface area contributed by atoms with Gasteiger partial charge in [-0.15, -0.1) is 0 Å². The van der Waals surface area contributed by atoms with Crippen LogP contribution in [0.2, 0.25) is 0 Å². The number of hydrogen-bond donors (Lipinski definition) is 3. The lowest BCUT2D eigenvalue weighted by atomic mass is 9.87. The Morgan fingerprint density at radius 1 is 1.21 bits per heavy atom. The summed E-state index contributed by atoms with van der Waals surface area (Å²) >= 11 is 0. The third kappa shape index (κ3) is 4.98. The van der Waals surface area contributed by atoms with Gasteiger partial charge in [0, 0.05) is 29.4 Å². The smallest absolute Gasteiger partial charge is 0.221 e. The SMILES string of the molecule is CCc1cccc2c([C@@H](CC(=O)NCC[NH+](C)C)c3cccc(OC)c3)c[nH]c12. The van der Waals surface area contributed by atoms with Crippen molar-refractivity contribution in [1.82, 2.24) is 10.3 Å². The Morgan fingerprint density at radius 2 is 2.00 bits per heavy atom. The molecule has 2 aromatic carbocycles. The van der Waals surface area contributed by atoms with E-state index in [1.165, 1.54) is 15.8 Å². The van der Waals surface area contributed by atoms with E-state index >= 15 is 0 Å². The first kappa shape index (κ1) is 20.9. The first-order valence-electron chi connectivity index (χ1n) is 10.3. The molecule has 0 spiro atoms. The molecule has 0 aliphatic heterocycles. The van der Waals surface area contributed by atoms with Gasteiger partial charge in [0.05, 0.1) is 34.3 Å². The van der Waals surface area contributed by atoms with Crippen molar-refractivity contribution in [2.45, 2.75) is 25.7 Å². The molecule has 3 rings (SSSR count). The second kappa shape index (κ2) is 9.61. The van der Waals surface area contributed by atoms with Crippen molar-refractivity contribution < 1.29 is 14.4 Å². The lowest BCUT2D eigenvalue weighted by Crippen LogP contribution is -3.06. The van der Waals surface area contributed by atoms with Crippen molar-refractivity contribution >= 4 is 16.8 Å². The summed E-state index contributed by atoms with van der Waals surface area (Å²) < 4.78 is 5.43. The van der Waals surface area contributed by atoms with Crippen LogP contribution < -0.4 is 15.0 Å². The number of carbonyl (C=O) groups excluding carboxylic acids is 1. The van der Waals surface area contributed by atoms with Crippen LogP contribution in [0.1, 0.15) is 36.0 Å². The van der Waals surface area contributed by atoms with Gasteiger partial charge in [-0.05, 0) is 35.2 Å². The molecular formula is C24H32N3O2+. The summed E-state index contributed by atoms with van der Waals surface area (Å²) in [6.07, 6.45) is 3.43. The van der Waals surface area contributed by atoms with Gasteiger partial charge in [-0.2, -0.15) is 0 Å². The van der Waals surface area contributed by atoms with Gasteiger partial charge in [0.1, 0.15) is 5.75 Å². The molecule has 5 heteroatoms. The zero-order valence-electron chi connectivity index (χ0n) is 17.8. The van der Waals surface area contributed by atoms with Gasteiger partial charge in [0.25, 0.3) is 0 Å². The second-order valence-corrected chi connectivity index (χ2v) is 7.78. The fourth-order valence-corrected chi connectivity index (χ4v) is 3.80. The Morgan fingerprint density at radius 3 is 2.72 bits per heavy atom. The molecule has 154 valence electrons. The van der Waals surface area contributed by atoms with E-state index in [0.717, 1.165) is 35.4 Å². The number of para-hydroxylation sites is 1. The number of aromatic nitrogens is 1. The lowest BCUT2D eigenvalue weighted by molar-refractivity contribution is -0.856. The molecule has 0 radical (unpaired) electrons. The zero-order valence-corrected chi connectivity index (χ0v) is 17.8. The fraction of sp³-hybridized carbons (Fsp3) is 0.375. The number of quaternary nitrogens is 1. The first-order chi connectivity index (χ1) is 14.0. The molecule has 0 aliphatic rings. The number of benzene rings is 2. The third-order valence-electron chi connectivity index (χ3n) is 5.42. The van der Waals surface area contributed by atoms with Crippen molar-refractivity contribution in [3.05, 3.63) is 65.4 Å². The predicted molar refractivity (Wildman–Crippen MR) is 118 cm³/mol. The number of rotatable bonds is 9. The minimum atomic E-state index is -0.0438. The summed E-state index contributed by atoms with van der Waals surface area (Å²) in [4.78, 5) is 17.5. The highest BCUT2D eigenvalue weighted by atomic mass is 16.5. The standard InChI is InChI=1S/C24H31N3O2/c1-5-17-8-7-11-20-22(16-26-24(17)20)21(15-23(28)25-12-13-27(2)3)18-9-6-10-19(14-18)29-4/h6-11,14,16,21,26H,5,12-13,15H2,1-4H3,(H,25,28)/p+1/t21-/m0/s1. The zero-order chi connectivity index (χ0) is 20.8. The molecule has 5 nitrogen and oxygen atoms in total. The van der Waals surface area contributed by atoms with E-state index in [0.29, 0.717) is 13.0 Å². The van der Waals surface area contributed by atoms with Gasteiger partial charge in [-0.3, -0.25) is 4.79 Å². The van der Waals surface area contributed by atoms with Gasteiger partial charge in [-0.1, -0.05) is 37.3 Å². The maximum absolute atomic E-state index is 12.8. The van der Waals surface area contributed by atoms with E-state index < -0.39 is 0 Å².